The van der Waals surface area contributed by atoms with Crippen LogP contribution in [0.2, 0.25) is 0 Å². The van der Waals surface area contributed by atoms with Crippen LogP contribution in [0.4, 0.5) is 0 Å². The minimum absolute atomic E-state index is 0.630. The molecule has 0 amide bonds. The van der Waals surface area contributed by atoms with Gasteiger partial charge in [0.2, 0.25) is 0 Å². The highest BCUT2D eigenvalue weighted by Crippen LogP contribution is 2.39. The fourth-order valence-electron chi connectivity index (χ4n) is 10.1. The van der Waals surface area contributed by atoms with Crippen molar-refractivity contribution in [1.29, 1.82) is 0 Å². The van der Waals surface area contributed by atoms with Gasteiger partial charge in [-0.05, 0) is 71.4 Å². The van der Waals surface area contributed by atoms with Crippen molar-refractivity contribution in [2.24, 2.45) is 0 Å². The Labute approximate surface area is 389 Å². The summed E-state index contributed by atoms with van der Waals surface area (Å²) in [6.07, 6.45) is 5.62. The van der Waals surface area contributed by atoms with Crippen molar-refractivity contribution in [1.82, 2.24) is 39.0 Å². The summed E-state index contributed by atoms with van der Waals surface area (Å²) in [6, 6.07) is 69.7. The number of hydrogen-bond acceptors (Lipinski definition) is 6. The lowest BCUT2D eigenvalue weighted by molar-refractivity contribution is 1.09. The van der Waals surface area contributed by atoms with E-state index in [0.29, 0.717) is 5.82 Å². The summed E-state index contributed by atoms with van der Waals surface area (Å²) in [5, 5.41) is 8.98. The number of benzene rings is 8. The van der Waals surface area contributed by atoms with E-state index in [4.69, 9.17) is 29.9 Å². The van der Waals surface area contributed by atoms with Crippen LogP contribution in [-0.4, -0.2) is 39.0 Å². The molecular weight excluding hydrogens is 833 g/mol. The predicted molar refractivity (Wildman–Crippen MR) is 276 cm³/mol. The molecule has 0 radical (unpaired) electrons. The zero-order chi connectivity index (χ0) is 44.7. The van der Waals surface area contributed by atoms with Crippen LogP contribution in [-0.2, 0) is 0 Å². The molecule has 0 atom stereocenters. The largest absolute Gasteiger partial charge is 0.294 e. The van der Waals surface area contributed by atoms with Crippen LogP contribution in [0.1, 0.15) is 0 Å². The molecular formula is C60H36N8. The molecule has 0 unspecified atom stereocenters. The summed E-state index contributed by atoms with van der Waals surface area (Å²) >= 11 is 0. The van der Waals surface area contributed by atoms with E-state index in [9.17, 15) is 0 Å². The van der Waals surface area contributed by atoms with Gasteiger partial charge in [0.15, 0.2) is 5.82 Å². The van der Waals surface area contributed by atoms with Gasteiger partial charge in [-0.1, -0.05) is 140 Å². The molecule has 316 valence electrons. The lowest BCUT2D eigenvalue weighted by Gasteiger charge is -2.16. The van der Waals surface area contributed by atoms with Gasteiger partial charge in [-0.3, -0.25) is 14.1 Å². The Morgan fingerprint density at radius 3 is 1.35 bits per heavy atom. The van der Waals surface area contributed by atoms with Crippen LogP contribution in [0.15, 0.2) is 219 Å². The van der Waals surface area contributed by atoms with Crippen LogP contribution in [0.5, 0.6) is 0 Å². The van der Waals surface area contributed by atoms with Crippen molar-refractivity contribution in [2.45, 2.75) is 0 Å². The van der Waals surface area contributed by atoms with Crippen molar-refractivity contribution < 1.29 is 0 Å². The van der Waals surface area contributed by atoms with E-state index in [1.807, 2.05) is 48.9 Å². The summed E-state index contributed by atoms with van der Waals surface area (Å²) in [6.45, 7) is 0. The monoisotopic (exact) mass is 868 g/mol. The second kappa shape index (κ2) is 15.1. The Kier molecular flexibility index (Phi) is 8.41. The fourth-order valence-corrected chi connectivity index (χ4v) is 10.1. The normalized spacial score (nSPS) is 11.8. The van der Waals surface area contributed by atoms with Crippen LogP contribution < -0.4 is 0 Å². The molecule has 0 saturated carbocycles. The number of nitrogens with zero attached hydrogens (tertiary/aromatic N) is 8. The summed E-state index contributed by atoms with van der Waals surface area (Å²) in [4.78, 5) is 30.8. The number of para-hydroxylation sites is 2. The third kappa shape index (κ3) is 5.94. The summed E-state index contributed by atoms with van der Waals surface area (Å²) in [5.41, 5.74) is 13.7. The van der Waals surface area contributed by atoms with Gasteiger partial charge >= 0.3 is 0 Å². The molecule has 0 spiro atoms. The Morgan fingerprint density at radius 2 is 0.765 bits per heavy atom. The third-order valence-corrected chi connectivity index (χ3v) is 13.2. The summed E-state index contributed by atoms with van der Waals surface area (Å²) < 4.78 is 4.53. The molecule has 0 saturated heterocycles. The highest BCUT2D eigenvalue weighted by Gasteiger charge is 2.20. The summed E-state index contributed by atoms with van der Waals surface area (Å²) in [5.74, 6) is 0.630. The quantitative estimate of drug-likeness (QED) is 0.155. The van der Waals surface area contributed by atoms with Crippen LogP contribution in [0, 0.1) is 0 Å². The molecule has 0 aliphatic carbocycles. The first-order chi connectivity index (χ1) is 33.7. The van der Waals surface area contributed by atoms with E-state index < -0.39 is 0 Å². The second-order valence-corrected chi connectivity index (χ2v) is 17.1. The van der Waals surface area contributed by atoms with Crippen LogP contribution >= 0.6 is 0 Å². The SMILES string of the molecule is c1ccc(-c2nc(-c3ccc(-c4cnc5c6ccccc6c6ccccc6c5n4)cc3)cc(-c3cc(-n4c5ccccc5c5cccnc54)cc(-n4c5ccccc5c5cccnc54)c3)n2)cc1. The first-order valence-electron chi connectivity index (χ1n) is 22.7. The molecule has 8 heteroatoms. The Bertz CT molecular complexity index is 4050. The third-order valence-electron chi connectivity index (χ3n) is 13.2. The maximum absolute atomic E-state index is 5.35. The minimum Gasteiger partial charge on any atom is -0.294 e. The Balaban J connectivity index is 0.965. The maximum Gasteiger partial charge on any atom is 0.160 e. The molecule has 6 heterocycles. The van der Waals surface area contributed by atoms with Crippen molar-refractivity contribution in [2.75, 3.05) is 0 Å². The van der Waals surface area contributed by atoms with Gasteiger partial charge in [0.25, 0.3) is 0 Å². The predicted octanol–water partition coefficient (Wildman–Crippen LogP) is 14.4. The molecule has 0 aliphatic heterocycles. The number of pyridine rings is 2. The zero-order valence-electron chi connectivity index (χ0n) is 36.4. The Hall–Kier alpha value is -9.40. The molecule has 8 nitrogen and oxygen atoms in total. The van der Waals surface area contributed by atoms with Gasteiger partial charge in [-0.2, -0.15) is 0 Å². The van der Waals surface area contributed by atoms with Crippen molar-refractivity contribution in [3.63, 3.8) is 0 Å². The molecule has 0 fully saturated rings. The fraction of sp³-hybridized carbons (Fsp3) is 0. The van der Waals surface area contributed by atoms with E-state index in [2.05, 4.69) is 179 Å². The van der Waals surface area contributed by atoms with Crippen LogP contribution in [0.3, 0.4) is 0 Å². The standard InChI is InChI=1S/C60H36N8/c1-2-14-39(15-3-1)58-65-51(37-26-28-38(29-27-37)53-36-63-56-47-20-6-4-16-43(47)44-17-5-7-21-48(44)57(56)64-53)35-52(66-58)40-32-41(67-54-24-10-8-18-45(54)49-22-12-30-61-59(49)67)34-42(33-40)68-55-25-11-9-19-46(55)50-23-13-31-62-60(50)68/h1-36H. The molecule has 14 aromatic rings. The van der Waals surface area contributed by atoms with Gasteiger partial charge in [0, 0.05) is 67.0 Å². The number of rotatable bonds is 6. The highest BCUT2D eigenvalue weighted by molar-refractivity contribution is 6.23. The van der Waals surface area contributed by atoms with E-state index >= 15 is 0 Å². The Morgan fingerprint density at radius 1 is 0.294 bits per heavy atom. The lowest BCUT2D eigenvalue weighted by Crippen LogP contribution is -2.02. The maximum atomic E-state index is 5.35. The molecule has 14 rings (SSSR count). The lowest BCUT2D eigenvalue weighted by atomic mass is 9.99. The highest BCUT2D eigenvalue weighted by atomic mass is 15.1. The molecule has 6 aromatic heterocycles. The molecule has 0 aliphatic rings. The zero-order valence-corrected chi connectivity index (χ0v) is 36.4. The average molecular weight is 869 g/mol. The molecule has 8 aromatic carbocycles. The van der Waals surface area contributed by atoms with Crippen molar-refractivity contribution in [3.05, 3.63) is 219 Å². The van der Waals surface area contributed by atoms with Gasteiger partial charge in [0.05, 0.1) is 56.7 Å². The van der Waals surface area contributed by atoms with E-state index in [0.717, 1.165) is 116 Å². The first kappa shape index (κ1) is 37.9. The topological polar surface area (TPSA) is 87.2 Å². The van der Waals surface area contributed by atoms with Gasteiger partial charge in [-0.25, -0.2) is 24.9 Å². The van der Waals surface area contributed by atoms with Crippen molar-refractivity contribution in [3.8, 4) is 56.5 Å². The van der Waals surface area contributed by atoms with Crippen molar-refractivity contribution >= 4 is 76.5 Å². The second-order valence-electron chi connectivity index (χ2n) is 17.1. The van der Waals surface area contributed by atoms with Crippen LogP contribution in [0.25, 0.3) is 133 Å². The van der Waals surface area contributed by atoms with E-state index in [1.54, 1.807) is 0 Å². The number of aromatic nitrogens is 8. The average Bonchev–Trinajstić information content (AvgIpc) is 3.94. The van der Waals surface area contributed by atoms with E-state index in [-0.39, 0.29) is 0 Å². The van der Waals surface area contributed by atoms with Gasteiger partial charge in [-0.15, -0.1) is 0 Å². The first-order valence-corrected chi connectivity index (χ1v) is 22.7. The van der Waals surface area contributed by atoms with Gasteiger partial charge < -0.3 is 0 Å². The molecule has 68 heavy (non-hydrogen) atoms. The summed E-state index contributed by atoms with van der Waals surface area (Å²) in [7, 11) is 0. The van der Waals surface area contributed by atoms with E-state index in [1.165, 1.54) is 10.8 Å². The number of fused-ring (bicyclic) bond motifs is 12. The molecule has 0 bridgehead atoms. The molecule has 0 N–H and O–H groups in total. The smallest absolute Gasteiger partial charge is 0.160 e. The number of hydrogen-bond donors (Lipinski definition) is 0. The minimum atomic E-state index is 0.630. The van der Waals surface area contributed by atoms with Gasteiger partial charge in [0.1, 0.15) is 11.3 Å².